The van der Waals surface area contributed by atoms with Gasteiger partial charge in [-0.2, -0.15) is 0 Å². The molecule has 4 rings (SSSR count). The Morgan fingerprint density at radius 2 is 2.06 bits per heavy atom. The van der Waals surface area contributed by atoms with E-state index in [1.165, 1.54) is 18.1 Å². The van der Waals surface area contributed by atoms with Gasteiger partial charge in [-0.1, -0.05) is 17.6 Å². The predicted molar refractivity (Wildman–Crippen MR) is 143 cm³/mol. The number of halogens is 1. The number of ether oxygens (including phenoxy) is 2. The zero-order valence-corrected chi connectivity index (χ0v) is 20.9. The van der Waals surface area contributed by atoms with E-state index in [9.17, 15) is 4.39 Å². The zero-order valence-electron chi connectivity index (χ0n) is 20.9. The van der Waals surface area contributed by atoms with Gasteiger partial charge in [-0.15, -0.1) is 0 Å². The van der Waals surface area contributed by atoms with Crippen molar-refractivity contribution in [3.05, 3.63) is 54.2 Å². The minimum Gasteiger partial charge on any atom is -0.493 e. The molecule has 0 unspecified atom stereocenters. The number of benzene rings is 2. The summed E-state index contributed by atoms with van der Waals surface area (Å²) in [6.07, 6.45) is 6.29. The fourth-order valence-corrected chi connectivity index (χ4v) is 4.18. The van der Waals surface area contributed by atoms with E-state index in [4.69, 9.17) is 17.3 Å². The summed E-state index contributed by atoms with van der Waals surface area (Å²) in [6, 6.07) is 8.09. The SMILES string of the molecule is [B]c1ccc(Nc2ncnc3cc(OC)c(OCCCN4CCN(C=NC)C(=CC)C4)cc23)c(F)c1. The Labute approximate surface area is 212 Å². The van der Waals surface area contributed by atoms with Gasteiger partial charge < -0.3 is 19.7 Å². The Hall–Kier alpha value is -3.66. The maximum Gasteiger partial charge on any atom is 0.162 e. The molecule has 1 aromatic heterocycles. The molecule has 36 heavy (non-hydrogen) atoms. The molecular formula is C26H30BFN6O2. The summed E-state index contributed by atoms with van der Waals surface area (Å²) >= 11 is 0. The molecule has 2 radical (unpaired) electrons. The number of nitrogens with one attached hydrogen (secondary N) is 1. The fraction of sp³-hybridized carbons (Fsp3) is 0.346. The van der Waals surface area contributed by atoms with Crippen LogP contribution in [-0.2, 0) is 0 Å². The molecule has 0 amide bonds. The number of hydrogen-bond donors (Lipinski definition) is 1. The topological polar surface area (TPSA) is 75.1 Å². The number of fused-ring (bicyclic) bond motifs is 1. The lowest BCUT2D eigenvalue weighted by atomic mass is 9.96. The number of methoxy groups -OCH3 is 1. The van der Waals surface area contributed by atoms with E-state index in [1.54, 1.807) is 32.4 Å². The third kappa shape index (κ3) is 5.94. The average Bonchev–Trinajstić information content (AvgIpc) is 2.88. The number of piperazine rings is 1. The van der Waals surface area contributed by atoms with Crippen molar-refractivity contribution in [2.75, 3.05) is 52.3 Å². The highest BCUT2D eigenvalue weighted by atomic mass is 19.1. The van der Waals surface area contributed by atoms with E-state index in [-0.39, 0.29) is 5.69 Å². The molecule has 1 aliphatic rings. The fourth-order valence-electron chi connectivity index (χ4n) is 4.18. The lowest BCUT2D eigenvalue weighted by Gasteiger charge is -2.35. The van der Waals surface area contributed by atoms with Gasteiger partial charge in [0, 0.05) is 50.4 Å². The third-order valence-electron chi connectivity index (χ3n) is 6.04. The van der Waals surface area contributed by atoms with Crippen molar-refractivity contribution in [2.24, 2.45) is 4.99 Å². The Balaban J connectivity index is 1.44. The Bertz CT molecular complexity index is 1270. The first-order chi connectivity index (χ1) is 17.5. The largest absolute Gasteiger partial charge is 0.493 e. The molecule has 2 aromatic carbocycles. The zero-order chi connectivity index (χ0) is 25.5. The Morgan fingerprint density at radius 1 is 1.19 bits per heavy atom. The molecule has 186 valence electrons. The second kappa shape index (κ2) is 11.9. The number of allylic oxidation sites excluding steroid dienone is 1. The first-order valence-electron chi connectivity index (χ1n) is 11.9. The van der Waals surface area contributed by atoms with Crippen molar-refractivity contribution in [1.82, 2.24) is 19.8 Å². The van der Waals surface area contributed by atoms with Crippen LogP contribution in [0.2, 0.25) is 0 Å². The second-order valence-corrected chi connectivity index (χ2v) is 8.43. The molecule has 2 heterocycles. The predicted octanol–water partition coefficient (Wildman–Crippen LogP) is 3.26. The first kappa shape index (κ1) is 25.4. The van der Waals surface area contributed by atoms with Crippen molar-refractivity contribution in [3.63, 3.8) is 0 Å². The van der Waals surface area contributed by atoms with Gasteiger partial charge in [0.05, 0.1) is 31.3 Å². The first-order valence-corrected chi connectivity index (χ1v) is 11.9. The van der Waals surface area contributed by atoms with Gasteiger partial charge in [-0.05, 0) is 31.5 Å². The smallest absolute Gasteiger partial charge is 0.162 e. The second-order valence-electron chi connectivity index (χ2n) is 8.43. The van der Waals surface area contributed by atoms with Gasteiger partial charge in [0.1, 0.15) is 25.8 Å². The van der Waals surface area contributed by atoms with E-state index in [0.29, 0.717) is 40.3 Å². The van der Waals surface area contributed by atoms with Crippen molar-refractivity contribution in [3.8, 4) is 11.5 Å². The third-order valence-corrected chi connectivity index (χ3v) is 6.04. The molecule has 0 spiro atoms. The van der Waals surface area contributed by atoms with E-state index in [0.717, 1.165) is 32.6 Å². The molecule has 0 atom stereocenters. The summed E-state index contributed by atoms with van der Waals surface area (Å²) in [5, 5.41) is 3.73. The van der Waals surface area contributed by atoms with Gasteiger partial charge in [0.25, 0.3) is 0 Å². The summed E-state index contributed by atoms with van der Waals surface area (Å²) in [5.74, 6) is 1.16. The van der Waals surface area contributed by atoms with Crippen LogP contribution in [0.1, 0.15) is 13.3 Å². The van der Waals surface area contributed by atoms with Crippen LogP contribution >= 0.6 is 0 Å². The quantitative estimate of drug-likeness (QED) is 0.215. The molecule has 10 heteroatoms. The van der Waals surface area contributed by atoms with Crippen molar-refractivity contribution in [1.29, 1.82) is 0 Å². The maximum absolute atomic E-state index is 14.4. The van der Waals surface area contributed by atoms with E-state index in [2.05, 4.69) is 43.1 Å². The summed E-state index contributed by atoms with van der Waals surface area (Å²) in [4.78, 5) is 17.4. The lowest BCUT2D eigenvalue weighted by Crippen LogP contribution is -2.44. The highest BCUT2D eigenvalue weighted by Gasteiger charge is 2.19. The molecule has 1 saturated heterocycles. The van der Waals surface area contributed by atoms with Crippen LogP contribution in [0.4, 0.5) is 15.9 Å². The number of aliphatic imine (C=N–C) groups is 1. The summed E-state index contributed by atoms with van der Waals surface area (Å²) in [7, 11) is 9.05. The van der Waals surface area contributed by atoms with Gasteiger partial charge in [0.15, 0.2) is 11.5 Å². The number of rotatable bonds is 9. The van der Waals surface area contributed by atoms with E-state index < -0.39 is 5.82 Å². The number of nitrogens with zero attached hydrogens (tertiary/aromatic N) is 5. The molecule has 3 aromatic rings. The monoisotopic (exact) mass is 488 g/mol. The molecule has 0 bridgehead atoms. The summed E-state index contributed by atoms with van der Waals surface area (Å²) in [5.41, 5.74) is 2.53. The highest BCUT2D eigenvalue weighted by Crippen LogP contribution is 2.35. The van der Waals surface area contributed by atoms with Crippen LogP contribution in [0.25, 0.3) is 10.9 Å². The molecular weight excluding hydrogens is 458 g/mol. The van der Waals surface area contributed by atoms with Crippen LogP contribution in [0.3, 0.4) is 0 Å². The van der Waals surface area contributed by atoms with Crippen molar-refractivity contribution >= 4 is 42.1 Å². The normalized spacial score (nSPS) is 15.7. The summed E-state index contributed by atoms with van der Waals surface area (Å²) < 4.78 is 26.0. The van der Waals surface area contributed by atoms with Gasteiger partial charge in [-0.3, -0.25) is 9.89 Å². The van der Waals surface area contributed by atoms with E-state index in [1.807, 2.05) is 12.4 Å². The van der Waals surface area contributed by atoms with Crippen LogP contribution < -0.4 is 20.3 Å². The van der Waals surface area contributed by atoms with Gasteiger partial charge in [-0.25, -0.2) is 14.4 Å². The van der Waals surface area contributed by atoms with Crippen molar-refractivity contribution in [2.45, 2.75) is 13.3 Å². The molecule has 0 saturated carbocycles. The number of anilines is 2. The minimum absolute atomic E-state index is 0.272. The Kier molecular flexibility index (Phi) is 8.38. The van der Waals surface area contributed by atoms with Crippen LogP contribution in [-0.4, -0.2) is 80.9 Å². The van der Waals surface area contributed by atoms with Crippen LogP contribution in [0.15, 0.2) is 53.4 Å². The molecule has 1 N–H and O–H groups in total. The Morgan fingerprint density at radius 3 is 2.81 bits per heavy atom. The van der Waals surface area contributed by atoms with Crippen LogP contribution in [0.5, 0.6) is 11.5 Å². The standard InChI is InChI=1S/C26H30BFN6O2/c1-4-19-15-33(9-10-34(19)17-29-2)8-5-11-36-25-13-20-23(14-24(25)35-3)30-16-31-26(20)32-22-7-6-18(27)12-21(22)28/h4,6-7,12-14,16-17H,5,8-11,15H2,1-3H3,(H,30,31,32). The van der Waals surface area contributed by atoms with Crippen molar-refractivity contribution < 1.29 is 13.9 Å². The molecule has 0 aliphatic carbocycles. The van der Waals surface area contributed by atoms with Crippen LogP contribution in [0, 0.1) is 5.82 Å². The summed E-state index contributed by atoms with van der Waals surface area (Å²) in [6.45, 7) is 6.26. The lowest BCUT2D eigenvalue weighted by molar-refractivity contribution is 0.200. The van der Waals surface area contributed by atoms with E-state index >= 15 is 0 Å². The van der Waals surface area contributed by atoms with Gasteiger partial charge in [0.2, 0.25) is 0 Å². The average molecular weight is 488 g/mol. The number of hydrogen-bond acceptors (Lipinski definition) is 7. The minimum atomic E-state index is -0.462. The molecule has 8 nitrogen and oxygen atoms in total. The maximum atomic E-state index is 14.4. The molecule has 1 aliphatic heterocycles. The van der Waals surface area contributed by atoms with Gasteiger partial charge >= 0.3 is 0 Å². The highest BCUT2D eigenvalue weighted by molar-refractivity contribution is 6.32. The number of aromatic nitrogens is 2. The molecule has 1 fully saturated rings.